The Bertz CT molecular complexity index is 580. The SMILES string of the molecule is Cc1c(-c2ccc(Cl)cc2)n[nH]c1C1CCC(N)CC1. The number of rotatable bonds is 2. The van der Waals surface area contributed by atoms with Gasteiger partial charge in [-0.25, -0.2) is 0 Å². The van der Waals surface area contributed by atoms with E-state index < -0.39 is 0 Å². The van der Waals surface area contributed by atoms with Gasteiger partial charge in [-0.1, -0.05) is 23.7 Å². The Balaban J connectivity index is 1.87. The first-order valence-electron chi connectivity index (χ1n) is 7.21. The minimum absolute atomic E-state index is 0.380. The number of hydrogen-bond acceptors (Lipinski definition) is 2. The Morgan fingerprint density at radius 1 is 1.15 bits per heavy atom. The van der Waals surface area contributed by atoms with E-state index in [1.165, 1.54) is 11.3 Å². The summed E-state index contributed by atoms with van der Waals surface area (Å²) in [4.78, 5) is 0. The number of aromatic amines is 1. The van der Waals surface area contributed by atoms with E-state index in [9.17, 15) is 0 Å². The minimum Gasteiger partial charge on any atom is -0.328 e. The largest absolute Gasteiger partial charge is 0.328 e. The summed E-state index contributed by atoms with van der Waals surface area (Å²) in [7, 11) is 0. The smallest absolute Gasteiger partial charge is 0.0952 e. The van der Waals surface area contributed by atoms with Crippen molar-refractivity contribution in [2.75, 3.05) is 0 Å². The van der Waals surface area contributed by atoms with E-state index in [4.69, 9.17) is 17.3 Å². The fourth-order valence-corrected chi connectivity index (χ4v) is 3.23. The van der Waals surface area contributed by atoms with Crippen molar-refractivity contribution in [2.45, 2.75) is 44.6 Å². The molecule has 0 bridgehead atoms. The lowest BCUT2D eigenvalue weighted by molar-refractivity contribution is 0.389. The van der Waals surface area contributed by atoms with Crippen LogP contribution in [0, 0.1) is 6.92 Å². The molecule has 0 radical (unpaired) electrons. The van der Waals surface area contributed by atoms with Crippen LogP contribution in [0.25, 0.3) is 11.3 Å². The molecule has 0 spiro atoms. The summed E-state index contributed by atoms with van der Waals surface area (Å²) in [6.45, 7) is 2.15. The van der Waals surface area contributed by atoms with E-state index in [1.54, 1.807) is 0 Å². The number of nitrogens with one attached hydrogen (secondary N) is 1. The van der Waals surface area contributed by atoms with Gasteiger partial charge in [0.25, 0.3) is 0 Å². The second kappa shape index (κ2) is 5.58. The second-order valence-electron chi connectivity index (χ2n) is 5.73. The monoisotopic (exact) mass is 289 g/mol. The van der Waals surface area contributed by atoms with Crippen molar-refractivity contribution in [3.63, 3.8) is 0 Å². The van der Waals surface area contributed by atoms with Crippen LogP contribution in [0.2, 0.25) is 5.02 Å². The predicted molar refractivity (Wildman–Crippen MR) is 83.0 cm³/mol. The summed E-state index contributed by atoms with van der Waals surface area (Å²) in [5.74, 6) is 0.573. The molecule has 0 atom stereocenters. The van der Waals surface area contributed by atoms with Gasteiger partial charge in [0.15, 0.2) is 0 Å². The highest BCUT2D eigenvalue weighted by atomic mass is 35.5. The molecule has 1 aromatic heterocycles. The van der Waals surface area contributed by atoms with Gasteiger partial charge in [-0.05, 0) is 50.3 Å². The lowest BCUT2D eigenvalue weighted by Crippen LogP contribution is -2.26. The molecular weight excluding hydrogens is 270 g/mol. The highest BCUT2D eigenvalue weighted by Gasteiger charge is 2.24. The molecule has 0 unspecified atom stereocenters. The van der Waals surface area contributed by atoms with Gasteiger partial charge in [0.05, 0.1) is 5.69 Å². The molecule has 0 amide bonds. The number of H-pyrrole nitrogens is 1. The molecular formula is C16H20ClN3. The summed E-state index contributed by atoms with van der Waals surface area (Å²) >= 11 is 5.94. The molecule has 1 fully saturated rings. The van der Waals surface area contributed by atoms with Gasteiger partial charge >= 0.3 is 0 Å². The first-order valence-corrected chi connectivity index (χ1v) is 7.59. The van der Waals surface area contributed by atoms with E-state index in [-0.39, 0.29) is 0 Å². The number of nitrogens with zero attached hydrogens (tertiary/aromatic N) is 1. The third-order valence-corrected chi connectivity index (χ3v) is 4.60. The molecule has 1 saturated carbocycles. The van der Waals surface area contributed by atoms with Crippen LogP contribution >= 0.6 is 11.6 Å². The quantitative estimate of drug-likeness (QED) is 0.877. The molecule has 3 nitrogen and oxygen atoms in total. The maximum atomic E-state index is 5.99. The van der Waals surface area contributed by atoms with E-state index in [1.807, 2.05) is 24.3 Å². The summed E-state index contributed by atoms with van der Waals surface area (Å²) in [6.07, 6.45) is 4.54. The van der Waals surface area contributed by atoms with Crippen molar-refractivity contribution in [1.29, 1.82) is 0 Å². The molecule has 1 aromatic carbocycles. The van der Waals surface area contributed by atoms with Crippen molar-refractivity contribution in [3.05, 3.63) is 40.5 Å². The van der Waals surface area contributed by atoms with Crippen LogP contribution in [-0.4, -0.2) is 16.2 Å². The van der Waals surface area contributed by atoms with Crippen molar-refractivity contribution < 1.29 is 0 Å². The molecule has 3 N–H and O–H groups in total. The van der Waals surface area contributed by atoms with Gasteiger partial charge < -0.3 is 5.73 Å². The molecule has 106 valence electrons. The Morgan fingerprint density at radius 2 is 1.80 bits per heavy atom. The van der Waals surface area contributed by atoms with Crippen molar-refractivity contribution >= 4 is 11.6 Å². The Hall–Kier alpha value is -1.32. The topological polar surface area (TPSA) is 54.7 Å². The lowest BCUT2D eigenvalue weighted by Gasteiger charge is -2.25. The zero-order valence-corrected chi connectivity index (χ0v) is 12.5. The molecule has 20 heavy (non-hydrogen) atoms. The van der Waals surface area contributed by atoms with Gasteiger partial charge in [-0.2, -0.15) is 5.10 Å². The molecule has 1 heterocycles. The summed E-state index contributed by atoms with van der Waals surface area (Å²) in [5, 5.41) is 8.51. The van der Waals surface area contributed by atoms with Crippen LogP contribution in [0.15, 0.2) is 24.3 Å². The summed E-state index contributed by atoms with van der Waals surface area (Å²) < 4.78 is 0. The first kappa shape index (κ1) is 13.7. The third kappa shape index (κ3) is 2.60. The fraction of sp³-hybridized carbons (Fsp3) is 0.438. The third-order valence-electron chi connectivity index (χ3n) is 4.35. The van der Waals surface area contributed by atoms with E-state index in [2.05, 4.69) is 17.1 Å². The number of aromatic nitrogens is 2. The van der Waals surface area contributed by atoms with Gasteiger partial charge in [0, 0.05) is 28.2 Å². The van der Waals surface area contributed by atoms with E-state index in [0.717, 1.165) is 42.0 Å². The number of nitrogens with two attached hydrogens (primary N) is 1. The Kier molecular flexibility index (Phi) is 3.81. The van der Waals surface area contributed by atoms with E-state index in [0.29, 0.717) is 12.0 Å². The number of halogens is 1. The lowest BCUT2D eigenvalue weighted by atomic mass is 9.83. The van der Waals surface area contributed by atoms with Gasteiger partial charge in [-0.15, -0.1) is 0 Å². The standard InChI is InChI=1S/C16H20ClN3/c1-10-15(11-2-6-13(17)7-3-11)19-20-16(10)12-4-8-14(18)9-5-12/h2-3,6-7,12,14H,4-5,8-9,18H2,1H3,(H,19,20). The normalized spacial score (nSPS) is 22.9. The average Bonchev–Trinajstić information content (AvgIpc) is 2.83. The van der Waals surface area contributed by atoms with Crippen molar-refractivity contribution in [3.8, 4) is 11.3 Å². The average molecular weight is 290 g/mol. The van der Waals surface area contributed by atoms with Crippen molar-refractivity contribution in [2.24, 2.45) is 5.73 Å². The number of hydrogen-bond donors (Lipinski definition) is 2. The maximum absolute atomic E-state index is 5.99. The molecule has 1 aliphatic rings. The first-order chi connectivity index (χ1) is 9.65. The fourth-order valence-electron chi connectivity index (χ4n) is 3.11. The Labute approximate surface area is 124 Å². The van der Waals surface area contributed by atoms with Gasteiger partial charge in [0.2, 0.25) is 0 Å². The molecule has 3 rings (SSSR count). The van der Waals surface area contributed by atoms with Crippen LogP contribution in [0.5, 0.6) is 0 Å². The molecule has 4 heteroatoms. The molecule has 0 aliphatic heterocycles. The Morgan fingerprint density at radius 3 is 2.45 bits per heavy atom. The summed E-state index contributed by atoms with van der Waals surface area (Å²) in [5.41, 5.74) is 10.7. The maximum Gasteiger partial charge on any atom is 0.0952 e. The highest BCUT2D eigenvalue weighted by molar-refractivity contribution is 6.30. The highest BCUT2D eigenvalue weighted by Crippen LogP contribution is 2.35. The number of benzene rings is 1. The zero-order chi connectivity index (χ0) is 14.1. The van der Waals surface area contributed by atoms with Crippen LogP contribution in [0.1, 0.15) is 42.9 Å². The van der Waals surface area contributed by atoms with Crippen molar-refractivity contribution in [1.82, 2.24) is 10.2 Å². The second-order valence-corrected chi connectivity index (χ2v) is 6.17. The zero-order valence-electron chi connectivity index (χ0n) is 11.7. The van der Waals surface area contributed by atoms with Crippen LogP contribution in [-0.2, 0) is 0 Å². The molecule has 0 saturated heterocycles. The summed E-state index contributed by atoms with van der Waals surface area (Å²) in [6, 6.07) is 8.23. The van der Waals surface area contributed by atoms with Crippen LogP contribution in [0.3, 0.4) is 0 Å². The van der Waals surface area contributed by atoms with Crippen LogP contribution in [0.4, 0.5) is 0 Å². The van der Waals surface area contributed by atoms with Gasteiger partial charge in [0.1, 0.15) is 0 Å². The minimum atomic E-state index is 0.380. The molecule has 1 aliphatic carbocycles. The van der Waals surface area contributed by atoms with Gasteiger partial charge in [-0.3, -0.25) is 5.10 Å². The predicted octanol–water partition coefficient (Wildman–Crippen LogP) is 4.02. The molecule has 2 aromatic rings. The van der Waals surface area contributed by atoms with Crippen LogP contribution < -0.4 is 5.73 Å². The van der Waals surface area contributed by atoms with E-state index >= 15 is 0 Å².